The third kappa shape index (κ3) is 8.18. The molecule has 0 saturated heterocycles. The first-order valence-electron chi connectivity index (χ1n) is 11.8. The summed E-state index contributed by atoms with van der Waals surface area (Å²) < 4.78 is 11.0. The molecule has 0 aliphatic carbocycles. The van der Waals surface area contributed by atoms with Crippen molar-refractivity contribution in [3.63, 3.8) is 0 Å². The summed E-state index contributed by atoms with van der Waals surface area (Å²) in [6.07, 6.45) is 2.57. The Morgan fingerprint density at radius 2 is 1.41 bits per heavy atom. The zero-order valence-electron chi connectivity index (χ0n) is 20.0. The van der Waals surface area contributed by atoms with Crippen molar-refractivity contribution in [2.24, 2.45) is 0 Å². The summed E-state index contributed by atoms with van der Waals surface area (Å²) >= 11 is 0. The van der Waals surface area contributed by atoms with Crippen LogP contribution in [0.2, 0.25) is 0 Å². The molecular weight excluding hydrogens is 430 g/mol. The van der Waals surface area contributed by atoms with E-state index in [2.05, 4.69) is 33.9 Å². The van der Waals surface area contributed by atoms with Crippen molar-refractivity contribution in [1.82, 2.24) is 14.9 Å². The Bertz CT molecular complexity index is 894. The molecule has 7 heteroatoms. The topological polar surface area (TPSA) is 87.9 Å². The van der Waals surface area contributed by atoms with Gasteiger partial charge in [0.15, 0.2) is 0 Å². The molecule has 0 saturated carbocycles. The number of aromatic nitrogens is 2. The maximum absolute atomic E-state index is 10.8. The van der Waals surface area contributed by atoms with Gasteiger partial charge in [-0.05, 0) is 62.2 Å². The lowest BCUT2D eigenvalue weighted by Crippen LogP contribution is -2.40. The molecule has 0 aliphatic rings. The molecule has 3 rings (SSSR count). The maximum Gasteiger partial charge on any atom is 0.119 e. The van der Waals surface area contributed by atoms with Crippen molar-refractivity contribution < 1.29 is 19.7 Å². The molecule has 0 radical (unpaired) electrons. The van der Waals surface area contributed by atoms with Crippen molar-refractivity contribution in [2.45, 2.75) is 38.5 Å². The van der Waals surface area contributed by atoms with E-state index in [0.29, 0.717) is 44.3 Å². The molecule has 0 aliphatic heterocycles. The molecule has 7 nitrogen and oxygen atoms in total. The zero-order chi connectivity index (χ0) is 24.2. The Morgan fingerprint density at radius 1 is 0.824 bits per heavy atom. The van der Waals surface area contributed by atoms with Crippen LogP contribution >= 0.6 is 0 Å². The number of hydrogen-bond donors (Lipinski definition) is 2. The Kier molecular flexibility index (Phi) is 10.4. The minimum atomic E-state index is -0.763. The van der Waals surface area contributed by atoms with Crippen LogP contribution in [0.5, 0.6) is 5.75 Å². The molecule has 2 unspecified atom stereocenters. The number of aliphatic hydroxyl groups excluding tert-OH is 2. The Labute approximate surface area is 202 Å². The second kappa shape index (κ2) is 13.8. The first-order chi connectivity index (χ1) is 16.6. The SMILES string of the molecule is CCOCCOc1ccc(C[C@@H](C)N(CC(O)c2ccccn2)CC(O)c2ccccn2)cc1. The largest absolute Gasteiger partial charge is 0.491 e. The molecule has 0 spiro atoms. The van der Waals surface area contributed by atoms with Crippen molar-refractivity contribution in [3.05, 3.63) is 90.0 Å². The molecule has 1 aromatic carbocycles. The number of pyridine rings is 2. The first-order valence-corrected chi connectivity index (χ1v) is 11.8. The van der Waals surface area contributed by atoms with Crippen molar-refractivity contribution in [2.75, 3.05) is 32.9 Å². The van der Waals surface area contributed by atoms with E-state index in [-0.39, 0.29) is 6.04 Å². The third-order valence-electron chi connectivity index (χ3n) is 5.65. The van der Waals surface area contributed by atoms with E-state index in [9.17, 15) is 10.2 Å². The minimum Gasteiger partial charge on any atom is -0.491 e. The van der Waals surface area contributed by atoms with Crippen LogP contribution in [0.15, 0.2) is 73.1 Å². The summed E-state index contributed by atoms with van der Waals surface area (Å²) in [6.45, 7) is 6.53. The molecule has 2 heterocycles. The molecule has 0 fully saturated rings. The van der Waals surface area contributed by atoms with Gasteiger partial charge in [-0.25, -0.2) is 0 Å². The quantitative estimate of drug-likeness (QED) is 0.352. The van der Waals surface area contributed by atoms with Crippen LogP contribution in [0.25, 0.3) is 0 Å². The number of aliphatic hydroxyl groups is 2. The van der Waals surface area contributed by atoms with E-state index >= 15 is 0 Å². The van der Waals surface area contributed by atoms with Gasteiger partial charge in [0.2, 0.25) is 0 Å². The smallest absolute Gasteiger partial charge is 0.119 e. The van der Waals surface area contributed by atoms with E-state index in [1.807, 2.05) is 55.5 Å². The number of benzene rings is 1. The van der Waals surface area contributed by atoms with E-state index in [0.717, 1.165) is 17.7 Å². The standard InChI is InChI=1S/C27H35N3O4/c1-3-33-16-17-34-23-12-10-22(11-13-23)18-21(2)30(19-26(31)24-8-4-6-14-28-24)20-27(32)25-9-5-7-15-29-25/h4-15,21,26-27,31-32H,3,16-20H2,1-2H3/t21-,26?,27?/m1/s1. The van der Waals surface area contributed by atoms with Crippen LogP contribution in [0, 0.1) is 0 Å². The Morgan fingerprint density at radius 3 is 1.91 bits per heavy atom. The highest BCUT2D eigenvalue weighted by Crippen LogP contribution is 2.21. The summed E-state index contributed by atoms with van der Waals surface area (Å²) in [5, 5.41) is 21.6. The van der Waals surface area contributed by atoms with Gasteiger partial charge >= 0.3 is 0 Å². The summed E-state index contributed by atoms with van der Waals surface area (Å²) in [5.74, 6) is 0.809. The molecule has 34 heavy (non-hydrogen) atoms. The fraction of sp³-hybridized carbons (Fsp3) is 0.407. The maximum atomic E-state index is 10.8. The van der Waals surface area contributed by atoms with Crippen LogP contribution < -0.4 is 4.74 Å². The lowest BCUT2D eigenvalue weighted by molar-refractivity contribution is 0.0452. The molecule has 3 aromatic rings. The third-order valence-corrected chi connectivity index (χ3v) is 5.65. The normalized spacial score (nSPS) is 14.0. The van der Waals surface area contributed by atoms with E-state index in [4.69, 9.17) is 9.47 Å². The highest BCUT2D eigenvalue weighted by molar-refractivity contribution is 5.27. The number of nitrogens with zero attached hydrogens (tertiary/aromatic N) is 3. The summed E-state index contributed by atoms with van der Waals surface area (Å²) in [5.41, 5.74) is 2.37. The number of ether oxygens (including phenoxy) is 2. The van der Waals surface area contributed by atoms with Gasteiger partial charge in [0.1, 0.15) is 24.6 Å². The first kappa shape index (κ1) is 25.8. The van der Waals surface area contributed by atoms with Crippen molar-refractivity contribution >= 4 is 0 Å². The van der Waals surface area contributed by atoms with Gasteiger partial charge in [0.05, 0.1) is 18.0 Å². The monoisotopic (exact) mass is 465 g/mol. The van der Waals surface area contributed by atoms with Gasteiger partial charge in [-0.2, -0.15) is 0 Å². The molecule has 3 atom stereocenters. The molecule has 0 amide bonds. The van der Waals surface area contributed by atoms with Crippen LogP contribution in [0.4, 0.5) is 0 Å². The van der Waals surface area contributed by atoms with E-state index in [1.165, 1.54) is 0 Å². The average molecular weight is 466 g/mol. The summed E-state index contributed by atoms with van der Waals surface area (Å²) in [6, 6.07) is 19.1. The van der Waals surface area contributed by atoms with Gasteiger partial charge in [-0.1, -0.05) is 24.3 Å². The lowest BCUT2D eigenvalue weighted by Gasteiger charge is -2.32. The van der Waals surface area contributed by atoms with Crippen LogP contribution in [0.1, 0.15) is 43.0 Å². The second-order valence-electron chi connectivity index (χ2n) is 8.24. The zero-order valence-corrected chi connectivity index (χ0v) is 20.0. The number of rotatable bonds is 14. The lowest BCUT2D eigenvalue weighted by atomic mass is 10.0. The molecular formula is C27H35N3O4. The van der Waals surface area contributed by atoms with E-state index in [1.54, 1.807) is 12.4 Å². The Hall–Kier alpha value is -2.84. The summed E-state index contributed by atoms with van der Waals surface area (Å²) in [7, 11) is 0. The van der Waals surface area contributed by atoms with Gasteiger partial charge in [0.25, 0.3) is 0 Å². The molecule has 182 valence electrons. The fourth-order valence-corrected chi connectivity index (χ4v) is 3.77. The van der Waals surface area contributed by atoms with Crippen LogP contribution in [-0.2, 0) is 11.2 Å². The predicted molar refractivity (Wildman–Crippen MR) is 132 cm³/mol. The average Bonchev–Trinajstić information content (AvgIpc) is 2.88. The van der Waals surface area contributed by atoms with Gasteiger partial charge in [-0.15, -0.1) is 0 Å². The van der Waals surface area contributed by atoms with E-state index < -0.39 is 12.2 Å². The minimum absolute atomic E-state index is 0.0569. The van der Waals surface area contributed by atoms with Gasteiger partial charge in [-0.3, -0.25) is 14.9 Å². The van der Waals surface area contributed by atoms with Crippen molar-refractivity contribution in [3.8, 4) is 5.75 Å². The molecule has 2 aromatic heterocycles. The van der Waals surface area contributed by atoms with Gasteiger partial charge in [0, 0.05) is 38.1 Å². The fourth-order valence-electron chi connectivity index (χ4n) is 3.77. The van der Waals surface area contributed by atoms with Crippen LogP contribution in [-0.4, -0.2) is 64.0 Å². The molecule has 2 N–H and O–H groups in total. The van der Waals surface area contributed by atoms with Crippen molar-refractivity contribution in [1.29, 1.82) is 0 Å². The summed E-state index contributed by atoms with van der Waals surface area (Å²) in [4.78, 5) is 10.7. The number of hydrogen-bond acceptors (Lipinski definition) is 7. The highest BCUT2D eigenvalue weighted by Gasteiger charge is 2.23. The molecule has 0 bridgehead atoms. The Balaban J connectivity index is 1.66. The highest BCUT2D eigenvalue weighted by atomic mass is 16.5. The second-order valence-corrected chi connectivity index (χ2v) is 8.24. The van der Waals surface area contributed by atoms with Gasteiger partial charge < -0.3 is 19.7 Å². The predicted octanol–water partition coefficient (Wildman–Crippen LogP) is 3.59. The van der Waals surface area contributed by atoms with Crippen LogP contribution in [0.3, 0.4) is 0 Å².